The van der Waals surface area contributed by atoms with Gasteiger partial charge in [0.2, 0.25) is 0 Å². The van der Waals surface area contributed by atoms with Gasteiger partial charge in [0.25, 0.3) is 5.91 Å². The van der Waals surface area contributed by atoms with Crippen LogP contribution in [0.1, 0.15) is 23.2 Å². The summed E-state index contributed by atoms with van der Waals surface area (Å²) in [5.41, 5.74) is -0.189. The molecule has 0 spiro atoms. The lowest BCUT2D eigenvalue weighted by Crippen LogP contribution is -2.34. The summed E-state index contributed by atoms with van der Waals surface area (Å²) in [6.07, 6.45) is 0.171. The largest absolute Gasteiger partial charge is 0.396 e. The molecule has 1 aromatic carbocycles. The highest BCUT2D eigenvalue weighted by molar-refractivity contribution is 6.33. The molecule has 1 saturated carbocycles. The lowest BCUT2D eigenvalue weighted by molar-refractivity contribution is 0.0903. The van der Waals surface area contributed by atoms with Crippen molar-refractivity contribution in [3.63, 3.8) is 0 Å². The molecule has 4 nitrogen and oxygen atoms in total. The van der Waals surface area contributed by atoms with Gasteiger partial charge in [0, 0.05) is 18.6 Å². The molecular weight excluding hydrogens is 273 g/mol. The summed E-state index contributed by atoms with van der Waals surface area (Å²) >= 11 is 5.80. The number of hydrogen-bond acceptors (Lipinski definition) is 3. The Labute approximate surface area is 115 Å². The Morgan fingerprint density at radius 1 is 1.47 bits per heavy atom. The number of rotatable bonds is 3. The fourth-order valence-corrected chi connectivity index (χ4v) is 2.64. The summed E-state index contributed by atoms with van der Waals surface area (Å²) in [5.74, 6) is -1.53. The fraction of sp³-hybridized carbons (Fsp3) is 0.462. The van der Waals surface area contributed by atoms with Gasteiger partial charge in [-0.3, -0.25) is 4.79 Å². The van der Waals surface area contributed by atoms with Crippen molar-refractivity contribution >= 4 is 17.5 Å². The predicted octanol–water partition coefficient (Wildman–Crippen LogP) is 1.34. The number of aliphatic hydroxyl groups excluding tert-OH is 2. The Balaban J connectivity index is 2.06. The first-order chi connectivity index (χ1) is 9.02. The van der Waals surface area contributed by atoms with Gasteiger partial charge in [-0.05, 0) is 25.0 Å². The first kappa shape index (κ1) is 14.2. The number of benzene rings is 1. The maximum Gasteiger partial charge on any atom is 0.255 e. The highest BCUT2D eigenvalue weighted by Crippen LogP contribution is 2.26. The molecule has 3 N–H and O–H groups in total. The van der Waals surface area contributed by atoms with Crippen molar-refractivity contribution in [2.45, 2.75) is 25.0 Å². The van der Waals surface area contributed by atoms with Crippen LogP contribution in [0.2, 0.25) is 5.02 Å². The Hall–Kier alpha value is -1.17. The predicted molar refractivity (Wildman–Crippen MR) is 68.5 cm³/mol. The highest BCUT2D eigenvalue weighted by Gasteiger charge is 2.33. The zero-order chi connectivity index (χ0) is 14.0. The fourth-order valence-electron chi connectivity index (χ4n) is 2.39. The van der Waals surface area contributed by atoms with Gasteiger partial charge in [-0.25, -0.2) is 4.39 Å². The number of halogens is 2. The number of aliphatic hydroxyl groups is 2. The van der Waals surface area contributed by atoms with E-state index in [0.717, 1.165) is 0 Å². The maximum atomic E-state index is 13.6. The number of carbonyl (C=O) groups is 1. The van der Waals surface area contributed by atoms with E-state index >= 15 is 0 Å². The van der Waals surface area contributed by atoms with E-state index in [0.29, 0.717) is 12.8 Å². The molecule has 6 heteroatoms. The van der Waals surface area contributed by atoms with Crippen molar-refractivity contribution in [3.05, 3.63) is 34.6 Å². The van der Waals surface area contributed by atoms with Crippen LogP contribution in [0.5, 0.6) is 0 Å². The van der Waals surface area contributed by atoms with Crippen molar-refractivity contribution in [3.8, 4) is 0 Å². The van der Waals surface area contributed by atoms with E-state index in [1.165, 1.54) is 18.2 Å². The number of amides is 1. The van der Waals surface area contributed by atoms with Crippen LogP contribution in [0, 0.1) is 11.7 Å². The lowest BCUT2D eigenvalue weighted by Gasteiger charge is -2.13. The summed E-state index contributed by atoms with van der Waals surface area (Å²) in [5, 5.41) is 21.4. The first-order valence-electron chi connectivity index (χ1n) is 6.06. The highest BCUT2D eigenvalue weighted by atomic mass is 35.5. The average molecular weight is 288 g/mol. The number of carbonyl (C=O) groups excluding carboxylic acids is 1. The van der Waals surface area contributed by atoms with E-state index in [1.807, 2.05) is 0 Å². The molecule has 0 unspecified atom stereocenters. The molecule has 0 saturated heterocycles. The third-order valence-electron chi connectivity index (χ3n) is 3.42. The summed E-state index contributed by atoms with van der Waals surface area (Å²) in [6, 6.07) is 3.76. The van der Waals surface area contributed by atoms with E-state index < -0.39 is 17.8 Å². The second-order valence-corrected chi connectivity index (χ2v) is 5.16. The van der Waals surface area contributed by atoms with Gasteiger partial charge in [-0.2, -0.15) is 0 Å². The molecule has 104 valence electrons. The van der Waals surface area contributed by atoms with Gasteiger partial charge < -0.3 is 15.5 Å². The van der Waals surface area contributed by atoms with Gasteiger partial charge in [0.05, 0.1) is 16.7 Å². The molecular formula is C13H15ClFNO3. The van der Waals surface area contributed by atoms with E-state index in [9.17, 15) is 14.3 Å². The molecule has 1 aromatic rings. The Kier molecular flexibility index (Phi) is 4.39. The summed E-state index contributed by atoms with van der Waals surface area (Å²) in [6.45, 7) is -0.131. The zero-order valence-corrected chi connectivity index (χ0v) is 10.9. The van der Waals surface area contributed by atoms with Crippen LogP contribution in [0.25, 0.3) is 0 Å². The van der Waals surface area contributed by atoms with Crippen LogP contribution in [0.15, 0.2) is 18.2 Å². The monoisotopic (exact) mass is 287 g/mol. The van der Waals surface area contributed by atoms with Crippen molar-refractivity contribution in [2.24, 2.45) is 5.92 Å². The molecule has 1 aliphatic rings. The third-order valence-corrected chi connectivity index (χ3v) is 3.73. The standard InChI is InChI=1S/C13H15ClFNO3/c14-9-2-1-3-10(15)12(9)13(19)16-8-4-7(6-17)11(18)5-8/h1-3,7-8,11,17-18H,4-6H2,(H,16,19)/t7-,8+,11+/m1/s1. The van der Waals surface area contributed by atoms with Crippen molar-refractivity contribution in [1.29, 1.82) is 0 Å². The van der Waals surface area contributed by atoms with Crippen molar-refractivity contribution in [1.82, 2.24) is 5.32 Å². The van der Waals surface area contributed by atoms with Gasteiger partial charge in [-0.1, -0.05) is 17.7 Å². The summed E-state index contributed by atoms with van der Waals surface area (Å²) in [7, 11) is 0. The van der Waals surface area contributed by atoms with Crippen LogP contribution in [0.3, 0.4) is 0 Å². The minimum Gasteiger partial charge on any atom is -0.396 e. The second-order valence-electron chi connectivity index (χ2n) is 4.75. The van der Waals surface area contributed by atoms with Crippen LogP contribution in [-0.2, 0) is 0 Å². The minimum atomic E-state index is -0.678. The Morgan fingerprint density at radius 2 is 2.21 bits per heavy atom. The van der Waals surface area contributed by atoms with Crippen LogP contribution >= 0.6 is 11.6 Å². The van der Waals surface area contributed by atoms with Crippen LogP contribution in [0.4, 0.5) is 4.39 Å². The van der Waals surface area contributed by atoms with Crippen LogP contribution in [-0.4, -0.2) is 34.9 Å². The van der Waals surface area contributed by atoms with E-state index in [-0.39, 0.29) is 29.2 Å². The molecule has 3 atom stereocenters. The van der Waals surface area contributed by atoms with Gasteiger partial charge in [0.1, 0.15) is 5.82 Å². The Bertz CT molecular complexity index is 463. The molecule has 0 aliphatic heterocycles. The van der Waals surface area contributed by atoms with E-state index in [2.05, 4.69) is 5.32 Å². The summed E-state index contributed by atoms with van der Waals surface area (Å²) in [4.78, 5) is 12.0. The van der Waals surface area contributed by atoms with Crippen LogP contribution < -0.4 is 5.32 Å². The second kappa shape index (κ2) is 5.86. The summed E-state index contributed by atoms with van der Waals surface area (Å²) < 4.78 is 13.6. The third kappa shape index (κ3) is 3.05. The molecule has 0 heterocycles. The SMILES string of the molecule is O=C(N[C@H]1C[C@H](CO)[C@@H](O)C1)c1c(F)cccc1Cl. The van der Waals surface area contributed by atoms with Crippen molar-refractivity contribution < 1.29 is 19.4 Å². The molecule has 19 heavy (non-hydrogen) atoms. The average Bonchev–Trinajstić information content (AvgIpc) is 2.69. The van der Waals surface area contributed by atoms with Gasteiger partial charge in [-0.15, -0.1) is 0 Å². The topological polar surface area (TPSA) is 69.6 Å². The number of nitrogens with one attached hydrogen (secondary N) is 1. The molecule has 1 fully saturated rings. The Morgan fingerprint density at radius 3 is 2.79 bits per heavy atom. The maximum absolute atomic E-state index is 13.6. The van der Waals surface area contributed by atoms with E-state index in [4.69, 9.17) is 16.7 Å². The lowest BCUT2D eigenvalue weighted by atomic mass is 10.1. The minimum absolute atomic E-state index is 0.0507. The molecule has 1 amide bonds. The number of hydrogen-bond donors (Lipinski definition) is 3. The van der Waals surface area contributed by atoms with E-state index in [1.54, 1.807) is 0 Å². The molecule has 0 bridgehead atoms. The van der Waals surface area contributed by atoms with Gasteiger partial charge in [0.15, 0.2) is 0 Å². The smallest absolute Gasteiger partial charge is 0.255 e. The van der Waals surface area contributed by atoms with Gasteiger partial charge >= 0.3 is 0 Å². The molecule has 1 aliphatic carbocycles. The first-order valence-corrected chi connectivity index (χ1v) is 6.44. The normalized spacial score (nSPS) is 26.4. The zero-order valence-electron chi connectivity index (χ0n) is 10.1. The molecule has 2 rings (SSSR count). The van der Waals surface area contributed by atoms with Crippen molar-refractivity contribution in [2.75, 3.05) is 6.61 Å². The molecule has 0 aromatic heterocycles. The quantitative estimate of drug-likeness (QED) is 0.786. The molecule has 0 radical (unpaired) electrons.